The molecule has 6 heteroatoms. The van der Waals surface area contributed by atoms with E-state index >= 15 is 0 Å². The highest BCUT2D eigenvalue weighted by atomic mass is 32.2. The SMILES string of the molecule is N#CCc1ccc(NC(=O)C[C@H]2Sc3ccccc3NC2=O)cc1. The van der Waals surface area contributed by atoms with E-state index < -0.39 is 5.25 Å². The predicted octanol–water partition coefficient (Wildman–Crippen LogP) is 3.19. The van der Waals surface area contributed by atoms with Gasteiger partial charge < -0.3 is 10.6 Å². The molecule has 0 saturated heterocycles. The number of fused-ring (bicyclic) bond motifs is 1. The maximum absolute atomic E-state index is 12.2. The van der Waals surface area contributed by atoms with E-state index in [1.165, 1.54) is 11.8 Å². The summed E-state index contributed by atoms with van der Waals surface area (Å²) >= 11 is 1.40. The Hall–Kier alpha value is -2.78. The Morgan fingerprint density at radius 1 is 1.21 bits per heavy atom. The van der Waals surface area contributed by atoms with Crippen molar-refractivity contribution in [3.05, 3.63) is 54.1 Å². The molecule has 0 aliphatic carbocycles. The standard InChI is InChI=1S/C18H15N3O2S/c19-10-9-12-5-7-13(8-6-12)20-17(22)11-16-18(23)21-14-3-1-2-4-15(14)24-16/h1-8,16H,9,11H2,(H,20,22)(H,21,23)/t16-/m1/s1. The van der Waals surface area contributed by atoms with Crippen molar-refractivity contribution in [2.75, 3.05) is 10.6 Å². The third-order valence-electron chi connectivity index (χ3n) is 3.60. The Labute approximate surface area is 144 Å². The van der Waals surface area contributed by atoms with E-state index in [-0.39, 0.29) is 18.2 Å². The quantitative estimate of drug-likeness (QED) is 0.897. The minimum Gasteiger partial charge on any atom is -0.326 e. The first kappa shape index (κ1) is 16.1. The number of hydrogen-bond donors (Lipinski definition) is 2. The van der Waals surface area contributed by atoms with Gasteiger partial charge in [-0.3, -0.25) is 9.59 Å². The molecular formula is C18H15N3O2S. The molecule has 120 valence electrons. The summed E-state index contributed by atoms with van der Waals surface area (Å²) in [5, 5.41) is 13.8. The molecule has 1 heterocycles. The summed E-state index contributed by atoms with van der Waals surface area (Å²) in [6, 6.07) is 16.7. The summed E-state index contributed by atoms with van der Waals surface area (Å²) in [7, 11) is 0. The number of anilines is 2. The van der Waals surface area contributed by atoms with E-state index in [9.17, 15) is 9.59 Å². The number of para-hydroxylation sites is 1. The smallest absolute Gasteiger partial charge is 0.238 e. The van der Waals surface area contributed by atoms with Crippen LogP contribution in [0.2, 0.25) is 0 Å². The molecule has 0 radical (unpaired) electrons. The highest BCUT2D eigenvalue weighted by molar-refractivity contribution is 8.01. The largest absolute Gasteiger partial charge is 0.326 e. The number of carbonyl (C=O) groups excluding carboxylic acids is 2. The van der Waals surface area contributed by atoms with Gasteiger partial charge in [0.2, 0.25) is 11.8 Å². The van der Waals surface area contributed by atoms with Crippen LogP contribution < -0.4 is 10.6 Å². The number of nitrogens with one attached hydrogen (secondary N) is 2. The molecular weight excluding hydrogens is 322 g/mol. The van der Waals surface area contributed by atoms with Crippen molar-refractivity contribution in [1.82, 2.24) is 0 Å². The van der Waals surface area contributed by atoms with Gasteiger partial charge in [0.25, 0.3) is 0 Å². The highest BCUT2D eigenvalue weighted by Crippen LogP contribution is 2.36. The second-order valence-corrected chi connectivity index (χ2v) is 6.62. The van der Waals surface area contributed by atoms with Crippen molar-refractivity contribution in [2.24, 2.45) is 0 Å². The van der Waals surface area contributed by atoms with Crippen LogP contribution in [0.4, 0.5) is 11.4 Å². The van der Waals surface area contributed by atoms with Crippen LogP contribution in [0.5, 0.6) is 0 Å². The Balaban J connectivity index is 1.61. The fourth-order valence-electron chi connectivity index (χ4n) is 2.40. The molecule has 0 saturated carbocycles. The van der Waals surface area contributed by atoms with Gasteiger partial charge in [-0.25, -0.2) is 0 Å². The molecule has 0 bridgehead atoms. The van der Waals surface area contributed by atoms with Gasteiger partial charge in [0.15, 0.2) is 0 Å². The molecule has 24 heavy (non-hydrogen) atoms. The molecule has 1 atom stereocenters. The van der Waals surface area contributed by atoms with Crippen LogP contribution in [-0.2, 0) is 16.0 Å². The zero-order chi connectivity index (χ0) is 16.9. The zero-order valence-corrected chi connectivity index (χ0v) is 13.6. The van der Waals surface area contributed by atoms with Crippen LogP contribution in [0.3, 0.4) is 0 Å². The molecule has 5 nitrogen and oxygen atoms in total. The van der Waals surface area contributed by atoms with E-state index in [2.05, 4.69) is 16.7 Å². The van der Waals surface area contributed by atoms with Crippen molar-refractivity contribution in [3.8, 4) is 6.07 Å². The molecule has 0 spiro atoms. The highest BCUT2D eigenvalue weighted by Gasteiger charge is 2.28. The second kappa shape index (κ2) is 7.20. The second-order valence-electron chi connectivity index (χ2n) is 5.38. The first-order chi connectivity index (χ1) is 11.7. The number of thioether (sulfide) groups is 1. The summed E-state index contributed by atoms with van der Waals surface area (Å²) in [4.78, 5) is 25.3. The van der Waals surface area contributed by atoms with Crippen molar-refractivity contribution in [3.63, 3.8) is 0 Å². The fraction of sp³-hybridized carbons (Fsp3) is 0.167. The van der Waals surface area contributed by atoms with Crippen LogP contribution in [0, 0.1) is 11.3 Å². The first-order valence-corrected chi connectivity index (χ1v) is 8.36. The van der Waals surface area contributed by atoms with Gasteiger partial charge in [-0.05, 0) is 29.8 Å². The summed E-state index contributed by atoms with van der Waals surface area (Å²) < 4.78 is 0. The predicted molar refractivity (Wildman–Crippen MR) is 93.7 cm³/mol. The van der Waals surface area contributed by atoms with Gasteiger partial charge in [-0.1, -0.05) is 24.3 Å². The van der Waals surface area contributed by atoms with Crippen molar-refractivity contribution >= 4 is 35.0 Å². The van der Waals surface area contributed by atoms with E-state index in [0.29, 0.717) is 12.1 Å². The van der Waals surface area contributed by atoms with Gasteiger partial charge >= 0.3 is 0 Å². The molecule has 3 rings (SSSR count). The van der Waals surface area contributed by atoms with Crippen LogP contribution >= 0.6 is 11.8 Å². The Kier molecular flexibility index (Phi) is 4.82. The van der Waals surface area contributed by atoms with Gasteiger partial charge in [-0.15, -0.1) is 11.8 Å². The molecule has 0 fully saturated rings. The number of nitriles is 1. The number of amides is 2. The van der Waals surface area contributed by atoms with Crippen molar-refractivity contribution in [2.45, 2.75) is 23.0 Å². The van der Waals surface area contributed by atoms with Crippen molar-refractivity contribution in [1.29, 1.82) is 5.26 Å². The summed E-state index contributed by atoms with van der Waals surface area (Å²) in [5.74, 6) is -0.367. The van der Waals surface area contributed by atoms with Crippen LogP contribution in [0.15, 0.2) is 53.4 Å². The molecule has 2 amide bonds. The number of hydrogen-bond acceptors (Lipinski definition) is 4. The summed E-state index contributed by atoms with van der Waals surface area (Å²) in [6.45, 7) is 0. The average molecular weight is 337 g/mol. The lowest BCUT2D eigenvalue weighted by Gasteiger charge is -2.23. The maximum atomic E-state index is 12.2. The normalized spacial score (nSPS) is 15.8. The van der Waals surface area contributed by atoms with Crippen LogP contribution in [-0.4, -0.2) is 17.1 Å². The van der Waals surface area contributed by atoms with E-state index in [4.69, 9.17) is 5.26 Å². The van der Waals surface area contributed by atoms with Crippen molar-refractivity contribution < 1.29 is 9.59 Å². The minimum absolute atomic E-state index is 0.102. The maximum Gasteiger partial charge on any atom is 0.238 e. The molecule has 0 aromatic heterocycles. The number of nitrogens with zero attached hydrogens (tertiary/aromatic N) is 1. The Bertz CT molecular complexity index is 812. The van der Waals surface area contributed by atoms with Crippen LogP contribution in [0.1, 0.15) is 12.0 Å². The molecule has 2 N–H and O–H groups in total. The van der Waals surface area contributed by atoms with Gasteiger partial charge in [0.1, 0.15) is 0 Å². The first-order valence-electron chi connectivity index (χ1n) is 7.48. The van der Waals surface area contributed by atoms with Gasteiger partial charge in [-0.2, -0.15) is 5.26 Å². The van der Waals surface area contributed by atoms with Crippen LogP contribution in [0.25, 0.3) is 0 Å². The van der Waals surface area contributed by atoms with E-state index in [0.717, 1.165) is 16.1 Å². The van der Waals surface area contributed by atoms with E-state index in [1.807, 2.05) is 24.3 Å². The molecule has 2 aromatic rings. The molecule has 1 aliphatic heterocycles. The minimum atomic E-state index is -0.447. The fourth-order valence-corrected chi connectivity index (χ4v) is 3.52. The summed E-state index contributed by atoms with van der Waals surface area (Å²) in [6.07, 6.45) is 0.442. The number of benzene rings is 2. The lowest BCUT2D eigenvalue weighted by atomic mass is 10.1. The number of carbonyl (C=O) groups is 2. The number of rotatable bonds is 4. The third-order valence-corrected chi connectivity index (χ3v) is 4.87. The Morgan fingerprint density at radius 3 is 2.71 bits per heavy atom. The molecule has 1 aliphatic rings. The van der Waals surface area contributed by atoms with Gasteiger partial charge in [0.05, 0.1) is 23.4 Å². The third kappa shape index (κ3) is 3.76. The monoisotopic (exact) mass is 337 g/mol. The molecule has 0 unspecified atom stereocenters. The topological polar surface area (TPSA) is 82.0 Å². The average Bonchev–Trinajstić information content (AvgIpc) is 2.57. The van der Waals surface area contributed by atoms with E-state index in [1.54, 1.807) is 24.3 Å². The lowest BCUT2D eigenvalue weighted by molar-refractivity contribution is -0.120. The lowest BCUT2D eigenvalue weighted by Crippen LogP contribution is -2.32. The Morgan fingerprint density at radius 2 is 1.96 bits per heavy atom. The molecule has 2 aromatic carbocycles. The zero-order valence-electron chi connectivity index (χ0n) is 12.8. The summed E-state index contributed by atoms with van der Waals surface area (Å²) in [5.41, 5.74) is 2.34. The van der Waals surface area contributed by atoms with Gasteiger partial charge in [0, 0.05) is 17.0 Å².